The Morgan fingerprint density at radius 1 is 0.886 bits per heavy atom. The number of hydrogen-bond donors (Lipinski definition) is 2. The molecule has 9 nitrogen and oxygen atoms in total. The molecule has 4 aromatic carbocycles. The summed E-state index contributed by atoms with van der Waals surface area (Å²) in [7, 11) is 0. The molecule has 9 heteroatoms. The van der Waals surface area contributed by atoms with Crippen LogP contribution in [-0.4, -0.2) is 71.4 Å². The number of piperazine rings is 1. The van der Waals surface area contributed by atoms with Gasteiger partial charge >= 0.3 is 5.97 Å². The zero-order valence-electron chi connectivity index (χ0n) is 25.1. The van der Waals surface area contributed by atoms with Crippen LogP contribution in [0.25, 0.3) is 17.1 Å². The van der Waals surface area contributed by atoms with Crippen molar-refractivity contribution >= 4 is 5.97 Å². The first-order valence-electron chi connectivity index (χ1n) is 14.8. The molecular formula is C35H36N6O3. The molecule has 224 valence electrons. The Bertz CT molecular complexity index is 1750. The summed E-state index contributed by atoms with van der Waals surface area (Å²) in [6, 6.07) is 31.8. The normalized spacial score (nSPS) is 18.2. The number of carboxylic acid groups (broad SMARTS) is 1. The number of tetrazole rings is 1. The number of rotatable bonds is 8. The fourth-order valence-electron chi connectivity index (χ4n) is 6.13. The van der Waals surface area contributed by atoms with Gasteiger partial charge in [0.15, 0.2) is 0 Å². The highest BCUT2D eigenvalue weighted by atomic mass is 16.4. The van der Waals surface area contributed by atoms with Crippen LogP contribution < -0.4 is 0 Å². The maximum atomic E-state index is 11.8. The Morgan fingerprint density at radius 2 is 1.66 bits per heavy atom. The molecule has 1 fully saturated rings. The van der Waals surface area contributed by atoms with Gasteiger partial charge in [0.05, 0.1) is 11.6 Å². The predicted molar refractivity (Wildman–Crippen MR) is 169 cm³/mol. The Morgan fingerprint density at radius 3 is 2.39 bits per heavy atom. The summed E-state index contributed by atoms with van der Waals surface area (Å²) in [5.41, 5.74) is 5.57. The number of hydrogen-bond acceptors (Lipinski definition) is 7. The van der Waals surface area contributed by atoms with Gasteiger partial charge in [-0.15, -0.1) is 15.0 Å². The van der Waals surface area contributed by atoms with Crippen molar-refractivity contribution in [2.45, 2.75) is 45.4 Å². The van der Waals surface area contributed by atoms with Crippen molar-refractivity contribution in [1.82, 2.24) is 30.0 Å². The standard InChI is InChI=1S/C35H36N6O3/c1-23-12-17-31(35(43)44)32(18-23)41-37-34(36-38-41)28-15-13-27(14-16-28)33(29-10-7-11-30(42)19-29)40-21-24(2)39(20-25(40)3)22-26-8-5-4-6-9-26/h4-19,24-25,33,42H,20-22H2,1-3H3,(H,43,44)/t24-,25+,33-/m1/s1. The van der Waals surface area contributed by atoms with E-state index in [4.69, 9.17) is 0 Å². The Hall–Kier alpha value is -4.86. The van der Waals surface area contributed by atoms with Crippen LogP contribution in [0.2, 0.25) is 0 Å². The summed E-state index contributed by atoms with van der Waals surface area (Å²) < 4.78 is 0. The molecule has 6 rings (SSSR count). The van der Waals surface area contributed by atoms with Gasteiger partial charge in [-0.2, -0.15) is 0 Å². The first-order valence-corrected chi connectivity index (χ1v) is 14.8. The average Bonchev–Trinajstić information content (AvgIpc) is 3.51. The second-order valence-corrected chi connectivity index (χ2v) is 11.7. The summed E-state index contributed by atoms with van der Waals surface area (Å²) in [6.07, 6.45) is 0. The summed E-state index contributed by atoms with van der Waals surface area (Å²) in [5, 5.41) is 33.0. The van der Waals surface area contributed by atoms with Gasteiger partial charge in [-0.1, -0.05) is 72.8 Å². The summed E-state index contributed by atoms with van der Waals surface area (Å²) in [5.74, 6) is -0.407. The molecule has 0 bridgehead atoms. The lowest BCUT2D eigenvalue weighted by atomic mass is 9.92. The maximum Gasteiger partial charge on any atom is 0.337 e. The molecule has 1 aliphatic heterocycles. The average molecular weight is 589 g/mol. The third-order valence-electron chi connectivity index (χ3n) is 8.41. The minimum atomic E-state index is -1.05. The number of aromatic carboxylic acids is 1. The van der Waals surface area contributed by atoms with E-state index in [1.54, 1.807) is 24.3 Å². The molecule has 2 N–H and O–H groups in total. The van der Waals surface area contributed by atoms with Gasteiger partial charge in [0.2, 0.25) is 5.82 Å². The number of carboxylic acids is 1. The van der Waals surface area contributed by atoms with Gasteiger partial charge in [-0.05, 0) is 72.5 Å². The van der Waals surface area contributed by atoms with Crippen molar-refractivity contribution < 1.29 is 15.0 Å². The Labute approximate surface area is 257 Å². The zero-order chi connectivity index (χ0) is 30.8. The number of aromatic nitrogens is 4. The smallest absolute Gasteiger partial charge is 0.337 e. The van der Waals surface area contributed by atoms with Gasteiger partial charge in [-0.3, -0.25) is 9.80 Å². The predicted octanol–water partition coefficient (Wildman–Crippen LogP) is 5.73. The van der Waals surface area contributed by atoms with Crippen LogP contribution in [0, 0.1) is 6.92 Å². The van der Waals surface area contributed by atoms with E-state index in [0.717, 1.165) is 41.9 Å². The van der Waals surface area contributed by atoms with Crippen molar-refractivity contribution in [3.63, 3.8) is 0 Å². The van der Waals surface area contributed by atoms with E-state index in [1.807, 2.05) is 31.2 Å². The van der Waals surface area contributed by atoms with Gasteiger partial charge in [-0.25, -0.2) is 4.79 Å². The second-order valence-electron chi connectivity index (χ2n) is 11.7. The Balaban J connectivity index is 1.28. The third-order valence-corrected chi connectivity index (χ3v) is 8.41. The number of aromatic hydroxyl groups is 1. The van der Waals surface area contributed by atoms with E-state index in [0.29, 0.717) is 17.6 Å². The van der Waals surface area contributed by atoms with Crippen LogP contribution in [0.3, 0.4) is 0 Å². The van der Waals surface area contributed by atoms with Crippen molar-refractivity contribution in [2.24, 2.45) is 0 Å². The molecule has 0 saturated carbocycles. The van der Waals surface area contributed by atoms with E-state index in [2.05, 4.69) is 87.6 Å². The fraction of sp³-hybridized carbons (Fsp3) is 0.257. The van der Waals surface area contributed by atoms with E-state index in [1.165, 1.54) is 10.4 Å². The highest BCUT2D eigenvalue weighted by Gasteiger charge is 2.35. The van der Waals surface area contributed by atoms with E-state index in [9.17, 15) is 15.0 Å². The first-order chi connectivity index (χ1) is 21.3. The minimum Gasteiger partial charge on any atom is -0.508 e. The number of phenolic OH excluding ortho intramolecular Hbond substituents is 1. The number of nitrogens with zero attached hydrogens (tertiary/aromatic N) is 6. The van der Waals surface area contributed by atoms with Crippen LogP contribution in [0.1, 0.15) is 52.5 Å². The highest BCUT2D eigenvalue weighted by molar-refractivity contribution is 5.92. The monoisotopic (exact) mass is 588 g/mol. The van der Waals surface area contributed by atoms with Crippen LogP contribution in [0.5, 0.6) is 5.75 Å². The van der Waals surface area contributed by atoms with Gasteiger partial charge in [0.25, 0.3) is 0 Å². The topological polar surface area (TPSA) is 108 Å². The first kappa shape index (κ1) is 29.2. The summed E-state index contributed by atoms with van der Waals surface area (Å²) in [4.78, 5) is 18.1. The van der Waals surface area contributed by atoms with Crippen molar-refractivity contribution in [3.8, 4) is 22.8 Å². The highest BCUT2D eigenvalue weighted by Crippen LogP contribution is 2.35. The molecule has 0 spiro atoms. The zero-order valence-corrected chi connectivity index (χ0v) is 25.1. The summed E-state index contributed by atoms with van der Waals surface area (Å²) >= 11 is 0. The molecular weight excluding hydrogens is 552 g/mol. The molecule has 1 aliphatic rings. The van der Waals surface area contributed by atoms with Gasteiger partial charge < -0.3 is 10.2 Å². The maximum absolute atomic E-state index is 11.8. The molecule has 1 aromatic heterocycles. The number of carbonyl (C=O) groups is 1. The molecule has 3 atom stereocenters. The number of aryl methyl sites for hydroxylation is 1. The quantitative estimate of drug-likeness (QED) is 0.237. The van der Waals surface area contributed by atoms with Crippen LogP contribution in [0.15, 0.2) is 97.1 Å². The molecule has 5 aromatic rings. The fourth-order valence-corrected chi connectivity index (χ4v) is 6.13. The van der Waals surface area contributed by atoms with E-state index in [-0.39, 0.29) is 23.4 Å². The van der Waals surface area contributed by atoms with Crippen LogP contribution >= 0.6 is 0 Å². The molecule has 0 aliphatic carbocycles. The molecule has 1 saturated heterocycles. The van der Waals surface area contributed by atoms with Crippen molar-refractivity contribution in [3.05, 3.63) is 125 Å². The summed E-state index contributed by atoms with van der Waals surface area (Å²) in [6.45, 7) is 9.15. The van der Waals surface area contributed by atoms with Gasteiger partial charge in [0.1, 0.15) is 11.4 Å². The van der Waals surface area contributed by atoms with Crippen LogP contribution in [0.4, 0.5) is 0 Å². The van der Waals surface area contributed by atoms with Crippen molar-refractivity contribution in [2.75, 3.05) is 13.1 Å². The van der Waals surface area contributed by atoms with Gasteiger partial charge in [0, 0.05) is 37.3 Å². The molecule has 0 radical (unpaired) electrons. The van der Waals surface area contributed by atoms with E-state index >= 15 is 0 Å². The molecule has 44 heavy (non-hydrogen) atoms. The van der Waals surface area contributed by atoms with Crippen molar-refractivity contribution in [1.29, 1.82) is 0 Å². The molecule has 2 heterocycles. The van der Waals surface area contributed by atoms with E-state index < -0.39 is 5.97 Å². The lowest BCUT2D eigenvalue weighted by Gasteiger charge is -2.47. The van der Waals surface area contributed by atoms with Crippen LogP contribution in [-0.2, 0) is 6.54 Å². The lowest BCUT2D eigenvalue weighted by molar-refractivity contribution is 0.0195. The molecule has 0 unspecified atom stereocenters. The number of phenols is 1. The number of benzene rings is 4. The SMILES string of the molecule is Cc1ccc(C(=O)O)c(-n2nnc(-c3ccc([C@H](c4cccc(O)c4)N4C[C@@H](C)N(Cc5ccccc5)C[C@@H]4C)cc3)n2)c1. The third kappa shape index (κ3) is 6.10. The second kappa shape index (κ2) is 12.4. The Kier molecular flexibility index (Phi) is 8.23. The largest absolute Gasteiger partial charge is 0.508 e. The molecule has 0 amide bonds. The lowest BCUT2D eigenvalue weighted by Crippen LogP contribution is -2.56. The minimum absolute atomic E-state index is 0.0680.